The first kappa shape index (κ1) is 19.0. The summed E-state index contributed by atoms with van der Waals surface area (Å²) in [5, 5.41) is 7.95. The van der Waals surface area contributed by atoms with Crippen molar-refractivity contribution in [3.63, 3.8) is 0 Å². The van der Waals surface area contributed by atoms with E-state index in [1.54, 1.807) is 30.5 Å². The number of sulfonamides is 1. The summed E-state index contributed by atoms with van der Waals surface area (Å²) in [6.07, 6.45) is 3.17. The molecule has 2 aromatic heterocycles. The predicted molar refractivity (Wildman–Crippen MR) is 103 cm³/mol. The molecule has 0 bridgehead atoms. The maximum atomic E-state index is 12.2. The van der Waals surface area contributed by atoms with Crippen LogP contribution in [0.2, 0.25) is 0 Å². The van der Waals surface area contributed by atoms with Gasteiger partial charge in [0.1, 0.15) is 11.6 Å². The number of hydrogen-bond acceptors (Lipinski definition) is 5. The SMILES string of the molecule is CCCn1c(CCC(=O)Nc2ccccn2)nc2cc(S(N)(=O)=O)ccc21. The highest BCUT2D eigenvalue weighted by atomic mass is 32.2. The summed E-state index contributed by atoms with van der Waals surface area (Å²) in [5.74, 6) is 1.07. The van der Waals surface area contributed by atoms with Crippen LogP contribution in [0.1, 0.15) is 25.6 Å². The Morgan fingerprint density at radius 3 is 2.74 bits per heavy atom. The van der Waals surface area contributed by atoms with Crippen molar-refractivity contribution in [2.45, 2.75) is 37.6 Å². The van der Waals surface area contributed by atoms with Gasteiger partial charge in [-0.3, -0.25) is 4.79 Å². The van der Waals surface area contributed by atoms with Crippen LogP contribution in [0.4, 0.5) is 5.82 Å². The van der Waals surface area contributed by atoms with E-state index in [-0.39, 0.29) is 17.2 Å². The van der Waals surface area contributed by atoms with Gasteiger partial charge in [-0.2, -0.15) is 0 Å². The summed E-state index contributed by atoms with van der Waals surface area (Å²) in [5.41, 5.74) is 1.37. The molecule has 0 spiro atoms. The molecule has 2 heterocycles. The van der Waals surface area contributed by atoms with Crippen LogP contribution in [0, 0.1) is 0 Å². The number of carbonyl (C=O) groups is 1. The Kier molecular flexibility index (Phi) is 5.52. The fraction of sp³-hybridized carbons (Fsp3) is 0.278. The lowest BCUT2D eigenvalue weighted by atomic mass is 10.2. The van der Waals surface area contributed by atoms with E-state index in [9.17, 15) is 13.2 Å². The zero-order valence-electron chi connectivity index (χ0n) is 14.9. The summed E-state index contributed by atoms with van der Waals surface area (Å²) < 4.78 is 25.1. The number of carbonyl (C=O) groups excluding carboxylic acids is 1. The van der Waals surface area contributed by atoms with Gasteiger partial charge >= 0.3 is 0 Å². The molecule has 142 valence electrons. The normalized spacial score (nSPS) is 11.6. The molecule has 0 saturated heterocycles. The van der Waals surface area contributed by atoms with Gasteiger partial charge in [0, 0.05) is 25.6 Å². The number of primary sulfonamides is 1. The molecule has 0 aliphatic heterocycles. The van der Waals surface area contributed by atoms with E-state index < -0.39 is 10.0 Å². The molecule has 9 heteroatoms. The van der Waals surface area contributed by atoms with Gasteiger partial charge in [0.2, 0.25) is 15.9 Å². The van der Waals surface area contributed by atoms with Gasteiger partial charge in [0.25, 0.3) is 0 Å². The molecule has 1 amide bonds. The molecule has 0 fully saturated rings. The predicted octanol–water partition coefficient (Wildman–Crippen LogP) is 2.06. The first-order valence-corrected chi connectivity index (χ1v) is 10.2. The number of fused-ring (bicyclic) bond motifs is 1. The van der Waals surface area contributed by atoms with E-state index >= 15 is 0 Å². The maximum absolute atomic E-state index is 12.2. The van der Waals surface area contributed by atoms with Gasteiger partial charge in [-0.15, -0.1) is 0 Å². The minimum absolute atomic E-state index is 0.0237. The van der Waals surface area contributed by atoms with Gasteiger partial charge < -0.3 is 9.88 Å². The molecule has 27 heavy (non-hydrogen) atoms. The average molecular weight is 387 g/mol. The topological polar surface area (TPSA) is 120 Å². The second-order valence-electron chi connectivity index (χ2n) is 6.14. The summed E-state index contributed by atoms with van der Waals surface area (Å²) in [6.45, 7) is 2.77. The van der Waals surface area contributed by atoms with E-state index in [1.165, 1.54) is 12.1 Å². The third-order valence-corrected chi connectivity index (χ3v) is 4.99. The van der Waals surface area contributed by atoms with Crippen LogP contribution in [0.25, 0.3) is 11.0 Å². The number of amides is 1. The van der Waals surface area contributed by atoms with Crippen molar-refractivity contribution in [1.29, 1.82) is 0 Å². The van der Waals surface area contributed by atoms with Crippen LogP contribution in [0.5, 0.6) is 0 Å². The number of hydrogen-bond donors (Lipinski definition) is 2. The third kappa shape index (κ3) is 4.50. The van der Waals surface area contributed by atoms with Crippen LogP contribution in [0.3, 0.4) is 0 Å². The number of benzene rings is 1. The lowest BCUT2D eigenvalue weighted by Crippen LogP contribution is -2.14. The molecule has 3 N–H and O–H groups in total. The van der Waals surface area contributed by atoms with Crippen LogP contribution in [0.15, 0.2) is 47.5 Å². The van der Waals surface area contributed by atoms with E-state index in [2.05, 4.69) is 15.3 Å². The summed E-state index contributed by atoms with van der Waals surface area (Å²) in [4.78, 5) is 20.8. The largest absolute Gasteiger partial charge is 0.328 e. The highest BCUT2D eigenvalue weighted by molar-refractivity contribution is 7.89. The second kappa shape index (κ2) is 7.85. The van der Waals surface area contributed by atoms with Gasteiger partial charge in [-0.05, 0) is 36.8 Å². The highest BCUT2D eigenvalue weighted by Gasteiger charge is 2.15. The molecule has 0 aliphatic rings. The molecule has 1 aromatic carbocycles. The monoisotopic (exact) mass is 387 g/mol. The van der Waals surface area contributed by atoms with Crippen molar-refractivity contribution >= 4 is 32.8 Å². The Bertz CT molecular complexity index is 1060. The smallest absolute Gasteiger partial charge is 0.238 e. The van der Waals surface area contributed by atoms with Gasteiger partial charge in [0.05, 0.1) is 15.9 Å². The molecule has 0 unspecified atom stereocenters. The standard InChI is InChI=1S/C18H21N5O3S/c1-2-11-23-15-7-6-13(27(19,25)26)12-14(15)21-17(23)8-9-18(24)22-16-5-3-4-10-20-16/h3-7,10,12H,2,8-9,11H2,1H3,(H2,19,25,26)(H,20,22,24). The van der Waals surface area contributed by atoms with Crippen molar-refractivity contribution in [3.8, 4) is 0 Å². The number of imidazole rings is 1. The fourth-order valence-electron chi connectivity index (χ4n) is 2.87. The number of aromatic nitrogens is 3. The van der Waals surface area contributed by atoms with E-state index in [4.69, 9.17) is 5.14 Å². The van der Waals surface area contributed by atoms with Gasteiger partial charge in [-0.25, -0.2) is 23.5 Å². The highest BCUT2D eigenvalue weighted by Crippen LogP contribution is 2.21. The molecular formula is C18H21N5O3S. The third-order valence-electron chi connectivity index (χ3n) is 4.08. The number of nitrogens with one attached hydrogen (secondary N) is 1. The Balaban J connectivity index is 1.82. The fourth-order valence-corrected chi connectivity index (χ4v) is 3.40. The van der Waals surface area contributed by atoms with E-state index in [0.29, 0.717) is 17.8 Å². The molecule has 3 aromatic rings. The number of nitrogens with two attached hydrogens (primary N) is 1. The van der Waals surface area contributed by atoms with Gasteiger partial charge in [-0.1, -0.05) is 13.0 Å². The summed E-state index contributed by atoms with van der Waals surface area (Å²) >= 11 is 0. The van der Waals surface area contributed by atoms with Crippen molar-refractivity contribution in [1.82, 2.24) is 14.5 Å². The molecule has 0 saturated carbocycles. The average Bonchev–Trinajstić information content (AvgIpc) is 2.97. The molecular weight excluding hydrogens is 366 g/mol. The zero-order chi connectivity index (χ0) is 19.4. The molecule has 8 nitrogen and oxygen atoms in total. The number of anilines is 1. The Morgan fingerprint density at radius 2 is 2.07 bits per heavy atom. The Hall–Kier alpha value is -2.78. The molecule has 0 aliphatic carbocycles. The zero-order valence-corrected chi connectivity index (χ0v) is 15.7. The molecule has 3 rings (SSSR count). The Morgan fingerprint density at radius 1 is 1.26 bits per heavy atom. The van der Waals surface area contributed by atoms with E-state index in [1.807, 2.05) is 11.5 Å². The van der Waals surface area contributed by atoms with Crippen LogP contribution < -0.4 is 10.5 Å². The van der Waals surface area contributed by atoms with Crippen molar-refractivity contribution in [3.05, 3.63) is 48.4 Å². The molecule has 0 atom stereocenters. The van der Waals surface area contributed by atoms with Crippen LogP contribution in [-0.4, -0.2) is 28.9 Å². The summed E-state index contributed by atoms with van der Waals surface area (Å²) in [7, 11) is -3.79. The first-order chi connectivity index (χ1) is 12.9. The number of nitrogens with zero attached hydrogens (tertiary/aromatic N) is 3. The first-order valence-electron chi connectivity index (χ1n) is 8.61. The number of aryl methyl sites for hydroxylation is 2. The number of rotatable bonds is 7. The lowest BCUT2D eigenvalue weighted by Gasteiger charge is -2.08. The lowest BCUT2D eigenvalue weighted by molar-refractivity contribution is -0.116. The minimum Gasteiger partial charge on any atom is -0.328 e. The van der Waals surface area contributed by atoms with Crippen molar-refractivity contribution in [2.24, 2.45) is 5.14 Å². The maximum Gasteiger partial charge on any atom is 0.238 e. The van der Waals surface area contributed by atoms with E-state index in [0.717, 1.165) is 24.3 Å². The van der Waals surface area contributed by atoms with Crippen LogP contribution >= 0.6 is 0 Å². The number of pyridine rings is 1. The van der Waals surface area contributed by atoms with Crippen molar-refractivity contribution < 1.29 is 13.2 Å². The van der Waals surface area contributed by atoms with Crippen molar-refractivity contribution in [2.75, 3.05) is 5.32 Å². The summed E-state index contributed by atoms with van der Waals surface area (Å²) in [6, 6.07) is 9.94. The second-order valence-corrected chi connectivity index (χ2v) is 7.70. The minimum atomic E-state index is -3.79. The molecule has 0 radical (unpaired) electrons. The van der Waals surface area contributed by atoms with Gasteiger partial charge in [0.15, 0.2) is 0 Å². The van der Waals surface area contributed by atoms with Crippen LogP contribution in [-0.2, 0) is 27.8 Å². The Labute approximate surface area is 157 Å². The quantitative estimate of drug-likeness (QED) is 0.643.